The van der Waals surface area contributed by atoms with Crippen molar-refractivity contribution in [2.45, 2.75) is 6.54 Å². The number of rotatable bonds is 6. The van der Waals surface area contributed by atoms with Gasteiger partial charge in [0.25, 0.3) is 0 Å². The monoisotopic (exact) mass is 427 g/mol. The molecule has 0 radical (unpaired) electrons. The number of nitrogens with zero attached hydrogens (tertiary/aromatic N) is 3. The zero-order valence-electron chi connectivity index (χ0n) is 17.7. The SMILES string of the molecule is NC(=O)c1ccc2nc(N3CCN(Cc4ccc(Oc5ccccc5)cc4)CC3)[nH]c2c1. The first-order chi connectivity index (χ1) is 15.6. The van der Waals surface area contributed by atoms with E-state index < -0.39 is 5.91 Å². The number of hydrogen-bond acceptors (Lipinski definition) is 5. The number of aromatic amines is 1. The van der Waals surface area contributed by atoms with Crippen LogP contribution in [0.5, 0.6) is 11.5 Å². The zero-order valence-corrected chi connectivity index (χ0v) is 17.7. The van der Waals surface area contributed by atoms with Crippen LogP contribution in [0, 0.1) is 0 Å². The number of imidazole rings is 1. The second-order valence-electron chi connectivity index (χ2n) is 7.98. The molecule has 1 saturated heterocycles. The lowest BCUT2D eigenvalue weighted by atomic mass is 10.2. The van der Waals surface area contributed by atoms with Crippen LogP contribution in [-0.4, -0.2) is 47.0 Å². The number of anilines is 1. The van der Waals surface area contributed by atoms with Crippen molar-refractivity contribution in [2.24, 2.45) is 5.73 Å². The van der Waals surface area contributed by atoms with Crippen LogP contribution in [0.15, 0.2) is 72.8 Å². The van der Waals surface area contributed by atoms with Gasteiger partial charge < -0.3 is 20.4 Å². The highest BCUT2D eigenvalue weighted by Crippen LogP contribution is 2.23. The minimum Gasteiger partial charge on any atom is -0.457 e. The Hall–Kier alpha value is -3.84. The van der Waals surface area contributed by atoms with Gasteiger partial charge in [0.05, 0.1) is 11.0 Å². The molecule has 3 N–H and O–H groups in total. The van der Waals surface area contributed by atoms with Gasteiger partial charge in [0.1, 0.15) is 11.5 Å². The third-order valence-corrected chi connectivity index (χ3v) is 5.73. The highest BCUT2D eigenvalue weighted by atomic mass is 16.5. The lowest BCUT2D eigenvalue weighted by Gasteiger charge is -2.34. The van der Waals surface area contributed by atoms with Gasteiger partial charge in [-0.25, -0.2) is 4.98 Å². The number of H-pyrrole nitrogens is 1. The lowest BCUT2D eigenvalue weighted by Crippen LogP contribution is -2.46. The first kappa shape index (κ1) is 20.1. The number of aromatic nitrogens is 2. The summed E-state index contributed by atoms with van der Waals surface area (Å²) in [5.41, 5.74) is 8.80. The predicted molar refractivity (Wildman–Crippen MR) is 125 cm³/mol. The summed E-state index contributed by atoms with van der Waals surface area (Å²) in [7, 11) is 0. The Morgan fingerprint density at radius 3 is 2.38 bits per heavy atom. The number of para-hydroxylation sites is 1. The largest absolute Gasteiger partial charge is 0.457 e. The molecule has 7 nitrogen and oxygen atoms in total. The molecule has 0 aliphatic carbocycles. The molecule has 0 atom stereocenters. The quantitative estimate of drug-likeness (QED) is 0.489. The average Bonchev–Trinajstić information content (AvgIpc) is 3.25. The molecule has 1 amide bonds. The summed E-state index contributed by atoms with van der Waals surface area (Å²) >= 11 is 0. The third-order valence-electron chi connectivity index (χ3n) is 5.73. The van der Waals surface area contributed by atoms with Crippen molar-refractivity contribution < 1.29 is 9.53 Å². The van der Waals surface area contributed by atoms with Crippen LogP contribution in [-0.2, 0) is 6.54 Å². The Kier molecular flexibility index (Phi) is 5.47. The average molecular weight is 428 g/mol. The Bertz CT molecular complexity index is 1210. The van der Waals surface area contributed by atoms with Crippen molar-refractivity contribution in [2.75, 3.05) is 31.1 Å². The maximum Gasteiger partial charge on any atom is 0.248 e. The number of hydrogen-bond donors (Lipinski definition) is 2. The summed E-state index contributed by atoms with van der Waals surface area (Å²) < 4.78 is 5.88. The molecular weight excluding hydrogens is 402 g/mol. The van der Waals surface area contributed by atoms with Gasteiger partial charge in [-0.3, -0.25) is 9.69 Å². The molecule has 4 aromatic rings. The van der Waals surface area contributed by atoms with Crippen LogP contribution in [0.25, 0.3) is 11.0 Å². The summed E-state index contributed by atoms with van der Waals surface area (Å²) in [4.78, 5) is 24.1. The maximum atomic E-state index is 11.4. The first-order valence-corrected chi connectivity index (χ1v) is 10.7. The molecule has 7 heteroatoms. The standard InChI is InChI=1S/C25H25N5O2/c26-24(31)19-8-11-22-23(16-19)28-25(27-22)30-14-12-29(13-15-30)17-18-6-9-21(10-7-18)32-20-4-2-1-3-5-20/h1-11,16H,12-15,17H2,(H2,26,31)(H,27,28). The molecule has 1 aromatic heterocycles. The third kappa shape index (κ3) is 4.43. The van der Waals surface area contributed by atoms with Gasteiger partial charge in [0.2, 0.25) is 11.9 Å². The molecule has 1 aliphatic heterocycles. The Labute approximate surface area is 186 Å². The molecule has 3 aromatic carbocycles. The molecule has 32 heavy (non-hydrogen) atoms. The van der Waals surface area contributed by atoms with Crippen molar-refractivity contribution in [1.82, 2.24) is 14.9 Å². The number of nitrogens with two attached hydrogens (primary N) is 1. The number of benzene rings is 3. The molecule has 0 spiro atoms. The van der Waals surface area contributed by atoms with Crippen LogP contribution in [0.3, 0.4) is 0 Å². The molecular formula is C25H25N5O2. The molecule has 162 valence electrons. The van der Waals surface area contributed by atoms with Crippen LogP contribution in [0.4, 0.5) is 5.95 Å². The van der Waals surface area contributed by atoms with Crippen LogP contribution >= 0.6 is 0 Å². The molecule has 1 aliphatic rings. The van der Waals surface area contributed by atoms with E-state index in [4.69, 9.17) is 10.5 Å². The Balaban J connectivity index is 1.17. The van der Waals surface area contributed by atoms with Gasteiger partial charge in [-0.05, 0) is 48.0 Å². The van der Waals surface area contributed by atoms with Crippen molar-refractivity contribution >= 4 is 22.9 Å². The van der Waals surface area contributed by atoms with Crippen molar-refractivity contribution in [3.63, 3.8) is 0 Å². The first-order valence-electron chi connectivity index (χ1n) is 10.7. The summed E-state index contributed by atoms with van der Waals surface area (Å²) in [6, 6.07) is 23.4. The van der Waals surface area contributed by atoms with E-state index in [1.807, 2.05) is 48.5 Å². The second kappa shape index (κ2) is 8.72. The normalized spacial score (nSPS) is 14.6. The number of carbonyl (C=O) groups excluding carboxylic acids is 1. The van der Waals surface area contributed by atoms with Crippen molar-refractivity contribution in [1.29, 1.82) is 0 Å². The fourth-order valence-corrected chi connectivity index (χ4v) is 3.96. The van der Waals surface area contributed by atoms with Crippen LogP contribution < -0.4 is 15.4 Å². The molecule has 0 unspecified atom stereocenters. The van der Waals surface area contributed by atoms with E-state index in [1.54, 1.807) is 12.1 Å². The fourth-order valence-electron chi connectivity index (χ4n) is 3.96. The van der Waals surface area contributed by atoms with Gasteiger partial charge >= 0.3 is 0 Å². The van der Waals surface area contributed by atoms with Crippen LogP contribution in [0.1, 0.15) is 15.9 Å². The van der Waals surface area contributed by atoms with E-state index in [1.165, 1.54) is 5.56 Å². The highest BCUT2D eigenvalue weighted by Gasteiger charge is 2.20. The lowest BCUT2D eigenvalue weighted by molar-refractivity contribution is 0.100. The number of carbonyl (C=O) groups is 1. The van der Waals surface area contributed by atoms with Gasteiger partial charge in [-0.15, -0.1) is 0 Å². The zero-order chi connectivity index (χ0) is 21.9. The predicted octanol–water partition coefficient (Wildman–Crippen LogP) is 3.78. The van der Waals surface area contributed by atoms with Crippen molar-refractivity contribution in [3.05, 3.63) is 83.9 Å². The van der Waals surface area contributed by atoms with E-state index in [-0.39, 0.29) is 0 Å². The molecule has 1 fully saturated rings. The number of nitrogens with one attached hydrogen (secondary N) is 1. The minimum atomic E-state index is -0.434. The number of primary amides is 1. The summed E-state index contributed by atoms with van der Waals surface area (Å²) in [6.07, 6.45) is 0. The number of fused-ring (bicyclic) bond motifs is 1. The highest BCUT2D eigenvalue weighted by molar-refractivity contribution is 5.96. The number of ether oxygens (including phenoxy) is 1. The van der Waals surface area contributed by atoms with Gasteiger partial charge in [-0.2, -0.15) is 0 Å². The Morgan fingerprint density at radius 1 is 0.938 bits per heavy atom. The number of amides is 1. The summed E-state index contributed by atoms with van der Waals surface area (Å²) in [5.74, 6) is 2.09. The maximum absolute atomic E-state index is 11.4. The van der Waals surface area contributed by atoms with Gasteiger partial charge in [-0.1, -0.05) is 30.3 Å². The molecule has 5 rings (SSSR count). The number of piperazine rings is 1. The van der Waals surface area contributed by atoms with E-state index in [0.717, 1.165) is 61.2 Å². The summed E-state index contributed by atoms with van der Waals surface area (Å²) in [5, 5.41) is 0. The van der Waals surface area contributed by atoms with Crippen LogP contribution in [0.2, 0.25) is 0 Å². The van der Waals surface area contributed by atoms with E-state index >= 15 is 0 Å². The van der Waals surface area contributed by atoms with E-state index in [0.29, 0.717) is 5.56 Å². The topological polar surface area (TPSA) is 87.5 Å². The van der Waals surface area contributed by atoms with Crippen molar-refractivity contribution in [3.8, 4) is 11.5 Å². The van der Waals surface area contributed by atoms with Gasteiger partial charge in [0.15, 0.2) is 0 Å². The molecule has 0 saturated carbocycles. The summed E-state index contributed by atoms with van der Waals surface area (Å²) in [6.45, 7) is 4.58. The van der Waals surface area contributed by atoms with E-state index in [9.17, 15) is 4.79 Å². The minimum absolute atomic E-state index is 0.434. The molecule has 0 bridgehead atoms. The Morgan fingerprint density at radius 2 is 1.66 bits per heavy atom. The van der Waals surface area contributed by atoms with Gasteiger partial charge in [0, 0.05) is 38.3 Å². The second-order valence-corrected chi connectivity index (χ2v) is 7.98. The molecule has 2 heterocycles. The van der Waals surface area contributed by atoms with E-state index in [2.05, 4.69) is 31.9 Å². The smallest absolute Gasteiger partial charge is 0.248 e. The fraction of sp³-hybridized carbons (Fsp3) is 0.200.